The molecule has 11 atom stereocenters. The number of carbonyl (C=O) groups is 1. The Kier molecular flexibility index (Phi) is 4.27. The number of carbonyl (C=O) groups excluding carboxylic acids is 1. The van der Waals surface area contributed by atoms with Gasteiger partial charge in [0.05, 0.1) is 28.8 Å². The number of aliphatic hydroxyl groups is 1. The molecule has 1 saturated heterocycles. The van der Waals surface area contributed by atoms with Crippen LogP contribution in [0.3, 0.4) is 0 Å². The highest BCUT2D eigenvalue weighted by molar-refractivity contribution is 5.96. The van der Waals surface area contributed by atoms with Crippen molar-refractivity contribution in [1.29, 1.82) is 0 Å². The van der Waals surface area contributed by atoms with Crippen LogP contribution in [0, 0.1) is 28.6 Å². The van der Waals surface area contributed by atoms with Gasteiger partial charge in [0.15, 0.2) is 5.78 Å². The fraction of sp³-hybridized carbons (Fsp3) is 0.958. The van der Waals surface area contributed by atoms with Gasteiger partial charge in [0.2, 0.25) is 0 Å². The van der Waals surface area contributed by atoms with E-state index in [1.165, 1.54) is 0 Å². The summed E-state index contributed by atoms with van der Waals surface area (Å²) in [4.78, 5) is 16.9. The highest BCUT2D eigenvalue weighted by Gasteiger charge is 2.93. The molecule has 1 N–H and O–H groups in total. The van der Waals surface area contributed by atoms with Gasteiger partial charge in [-0.15, -0.1) is 0 Å². The van der Waals surface area contributed by atoms with Crippen molar-refractivity contribution >= 4 is 5.78 Å². The van der Waals surface area contributed by atoms with Crippen molar-refractivity contribution < 1.29 is 28.8 Å². The van der Waals surface area contributed by atoms with Crippen LogP contribution in [0.2, 0.25) is 0 Å². The predicted molar refractivity (Wildman–Crippen MR) is 112 cm³/mol. The molecule has 6 rings (SSSR count). The first-order valence-electron chi connectivity index (χ1n) is 12.0. The lowest BCUT2D eigenvalue weighted by molar-refractivity contribution is -0.287. The van der Waals surface area contributed by atoms with Crippen LogP contribution in [0.4, 0.5) is 0 Å². The Labute approximate surface area is 184 Å². The quantitative estimate of drug-likeness (QED) is 0.697. The van der Waals surface area contributed by atoms with Crippen LogP contribution in [-0.4, -0.2) is 92.9 Å². The average Bonchev–Trinajstić information content (AvgIpc) is 3.29. The number of hydrogen-bond donors (Lipinski definition) is 1. The molecule has 0 radical (unpaired) electrons. The largest absolute Gasteiger partial charge is 0.388 e. The van der Waals surface area contributed by atoms with Crippen LogP contribution in [0.15, 0.2) is 0 Å². The molecule has 0 aromatic heterocycles. The SMILES string of the molecule is CCN1C[C@]2(OC)CC[C@H](OC)C34[C@@H]1C(C[C@@H]32)[C@@]1(O)C[C@H](OC)[C@H]2C[C@@]41C(=O)[C@H]2OC. The van der Waals surface area contributed by atoms with Crippen molar-refractivity contribution in [3.63, 3.8) is 0 Å². The Morgan fingerprint density at radius 2 is 1.90 bits per heavy atom. The number of hydrogen-bond acceptors (Lipinski definition) is 7. The number of ether oxygens (including phenoxy) is 4. The minimum atomic E-state index is -1.10. The first kappa shape index (κ1) is 21.0. The fourth-order valence-electron chi connectivity index (χ4n) is 10.5. The number of rotatable bonds is 5. The van der Waals surface area contributed by atoms with Gasteiger partial charge < -0.3 is 24.1 Å². The Bertz CT molecular complexity index is 807. The Hall–Kier alpha value is -0.570. The Balaban J connectivity index is 1.65. The third-order valence-corrected chi connectivity index (χ3v) is 11.1. The van der Waals surface area contributed by atoms with E-state index in [-0.39, 0.29) is 47.4 Å². The summed E-state index contributed by atoms with van der Waals surface area (Å²) in [6.07, 6.45) is 3.05. The second kappa shape index (κ2) is 6.30. The van der Waals surface area contributed by atoms with E-state index in [0.29, 0.717) is 12.8 Å². The van der Waals surface area contributed by atoms with Gasteiger partial charge in [0, 0.05) is 70.6 Å². The smallest absolute Gasteiger partial charge is 0.171 e. The number of piperidine rings is 1. The zero-order chi connectivity index (χ0) is 22.0. The molecule has 7 heteroatoms. The maximum absolute atomic E-state index is 14.4. The van der Waals surface area contributed by atoms with Crippen LogP contribution < -0.4 is 0 Å². The number of nitrogens with zero attached hydrogens (tertiary/aromatic N) is 1. The lowest BCUT2D eigenvalue weighted by Crippen LogP contribution is -2.77. The standard InChI is InChI=1S/C24H37NO6/c1-6-25-12-21(31-5)8-7-17(29-3)24-16(21)9-14(19(24)25)23(27)11-15(28-2)13-10-22(23,24)20(26)18(13)30-4/h13-19,27H,6-12H2,1-5H3/t13-,14?,15+,16-,17+,18+,19+,21-,22+,23+,24?/m1/s1. The highest BCUT2D eigenvalue weighted by Crippen LogP contribution is 2.84. The molecule has 6 fully saturated rings. The highest BCUT2D eigenvalue weighted by atomic mass is 16.5. The normalized spacial score (nSPS) is 59.3. The van der Waals surface area contributed by atoms with Crippen molar-refractivity contribution in [2.24, 2.45) is 28.6 Å². The van der Waals surface area contributed by atoms with Gasteiger partial charge in [-0.2, -0.15) is 0 Å². The summed E-state index contributed by atoms with van der Waals surface area (Å²) >= 11 is 0. The minimum absolute atomic E-state index is 0.0170. The molecular formula is C24H37NO6. The van der Waals surface area contributed by atoms with Gasteiger partial charge in [-0.25, -0.2) is 0 Å². The second-order valence-electron chi connectivity index (χ2n) is 11.1. The van der Waals surface area contributed by atoms with Crippen molar-refractivity contribution in [1.82, 2.24) is 4.90 Å². The third kappa shape index (κ3) is 1.85. The summed E-state index contributed by atoms with van der Waals surface area (Å²) in [5.74, 6) is 0.291. The van der Waals surface area contributed by atoms with E-state index in [1.807, 2.05) is 7.11 Å². The summed E-state index contributed by atoms with van der Waals surface area (Å²) < 4.78 is 24.3. The molecule has 7 nitrogen and oxygen atoms in total. The lowest BCUT2D eigenvalue weighted by atomic mass is 9.41. The van der Waals surface area contributed by atoms with Gasteiger partial charge in [-0.1, -0.05) is 6.92 Å². The fourth-order valence-corrected chi connectivity index (χ4v) is 10.5. The molecule has 31 heavy (non-hydrogen) atoms. The molecule has 2 spiro atoms. The van der Waals surface area contributed by atoms with E-state index >= 15 is 0 Å². The number of methoxy groups -OCH3 is 4. The summed E-state index contributed by atoms with van der Waals surface area (Å²) in [5, 5.41) is 12.6. The molecule has 2 unspecified atom stereocenters. The molecule has 5 aliphatic carbocycles. The summed E-state index contributed by atoms with van der Waals surface area (Å²) in [6.45, 7) is 3.94. The summed E-state index contributed by atoms with van der Waals surface area (Å²) in [7, 11) is 6.96. The molecule has 1 aliphatic heterocycles. The van der Waals surface area contributed by atoms with E-state index in [2.05, 4.69) is 11.8 Å². The van der Waals surface area contributed by atoms with Crippen LogP contribution in [0.1, 0.15) is 39.0 Å². The number of ketones is 1. The predicted octanol–water partition coefficient (Wildman–Crippen LogP) is 1.26. The van der Waals surface area contributed by atoms with Gasteiger partial charge in [0.1, 0.15) is 6.10 Å². The molecule has 0 amide bonds. The van der Waals surface area contributed by atoms with Gasteiger partial charge in [0.25, 0.3) is 0 Å². The number of likely N-dealkylation sites (tertiary alicyclic amines) is 1. The summed E-state index contributed by atoms with van der Waals surface area (Å²) in [6, 6.07) is 0.122. The minimum Gasteiger partial charge on any atom is -0.388 e. The molecule has 6 aliphatic rings. The van der Waals surface area contributed by atoms with Crippen LogP contribution in [0.25, 0.3) is 0 Å². The van der Waals surface area contributed by atoms with Gasteiger partial charge >= 0.3 is 0 Å². The third-order valence-electron chi connectivity index (χ3n) is 11.1. The van der Waals surface area contributed by atoms with E-state index in [0.717, 1.165) is 32.4 Å². The molecular weight excluding hydrogens is 398 g/mol. The topological polar surface area (TPSA) is 77.5 Å². The monoisotopic (exact) mass is 435 g/mol. The van der Waals surface area contributed by atoms with E-state index in [4.69, 9.17) is 18.9 Å². The molecule has 7 bridgehead atoms. The Morgan fingerprint density at radius 1 is 1.13 bits per heavy atom. The van der Waals surface area contributed by atoms with E-state index in [1.54, 1.807) is 21.3 Å². The lowest BCUT2D eigenvalue weighted by Gasteiger charge is -2.68. The summed E-state index contributed by atoms with van der Waals surface area (Å²) in [5.41, 5.74) is -2.70. The number of Topliss-reactive ketones (excluding diaryl/α,β-unsaturated/α-hetero) is 1. The van der Waals surface area contributed by atoms with Crippen LogP contribution in [-0.2, 0) is 23.7 Å². The number of fused-ring (bicyclic) bond motifs is 2. The molecule has 1 heterocycles. The van der Waals surface area contributed by atoms with E-state index in [9.17, 15) is 9.90 Å². The first-order valence-corrected chi connectivity index (χ1v) is 12.0. The van der Waals surface area contributed by atoms with Gasteiger partial charge in [-0.3, -0.25) is 9.69 Å². The van der Waals surface area contributed by atoms with Crippen molar-refractivity contribution in [3.05, 3.63) is 0 Å². The van der Waals surface area contributed by atoms with Crippen molar-refractivity contribution in [2.45, 2.75) is 74.6 Å². The maximum Gasteiger partial charge on any atom is 0.171 e. The maximum atomic E-state index is 14.4. The van der Waals surface area contributed by atoms with Crippen molar-refractivity contribution in [3.8, 4) is 0 Å². The zero-order valence-corrected chi connectivity index (χ0v) is 19.4. The molecule has 174 valence electrons. The molecule has 0 aromatic carbocycles. The zero-order valence-electron chi connectivity index (χ0n) is 19.4. The molecule has 5 saturated carbocycles. The van der Waals surface area contributed by atoms with Crippen molar-refractivity contribution in [2.75, 3.05) is 41.5 Å². The first-order chi connectivity index (χ1) is 14.9. The van der Waals surface area contributed by atoms with Crippen LogP contribution in [0.5, 0.6) is 0 Å². The Morgan fingerprint density at radius 3 is 2.52 bits per heavy atom. The van der Waals surface area contributed by atoms with Gasteiger partial charge in [-0.05, 0) is 32.2 Å². The van der Waals surface area contributed by atoms with Crippen LogP contribution >= 0.6 is 0 Å². The average molecular weight is 436 g/mol. The second-order valence-corrected chi connectivity index (χ2v) is 11.1. The number of likely N-dealkylation sites (N-methyl/N-ethyl adjacent to an activating group) is 1. The molecule has 0 aromatic rings. The van der Waals surface area contributed by atoms with E-state index < -0.39 is 22.5 Å².